The highest BCUT2D eigenvalue weighted by atomic mass is 35.5. The van der Waals surface area contributed by atoms with Crippen LogP contribution in [0.1, 0.15) is 27.1 Å². The number of thioether (sulfide) groups is 1. The van der Waals surface area contributed by atoms with Crippen molar-refractivity contribution in [3.8, 4) is 11.5 Å². The summed E-state index contributed by atoms with van der Waals surface area (Å²) in [4.78, 5) is 37.6. The van der Waals surface area contributed by atoms with Gasteiger partial charge in [-0.25, -0.2) is 0 Å². The van der Waals surface area contributed by atoms with Crippen molar-refractivity contribution in [3.63, 3.8) is 0 Å². The summed E-state index contributed by atoms with van der Waals surface area (Å²) in [5.41, 5.74) is 5.16. The van der Waals surface area contributed by atoms with Gasteiger partial charge in [0.15, 0.2) is 11.5 Å². The fourth-order valence-corrected chi connectivity index (χ4v) is 3.70. The Kier molecular flexibility index (Phi) is 7.89. The molecule has 3 rings (SSSR count). The molecule has 11 heteroatoms. The van der Waals surface area contributed by atoms with Gasteiger partial charge in [0.2, 0.25) is 6.79 Å². The fraction of sp³-hybridized carbons (Fsp3) is 0.250. The summed E-state index contributed by atoms with van der Waals surface area (Å²) in [6.07, 6.45) is 2.23. The highest BCUT2D eigenvalue weighted by molar-refractivity contribution is 7.98. The van der Waals surface area contributed by atoms with Gasteiger partial charge in [0, 0.05) is 10.6 Å². The van der Waals surface area contributed by atoms with E-state index in [0.717, 1.165) is 0 Å². The number of hydrogen-bond acceptors (Lipinski definition) is 6. The predicted octanol–water partition coefficient (Wildman–Crippen LogP) is 3.03. The van der Waals surface area contributed by atoms with Gasteiger partial charge in [-0.3, -0.25) is 25.2 Å². The van der Waals surface area contributed by atoms with Crippen LogP contribution in [0.4, 0.5) is 0 Å². The molecule has 1 aliphatic rings. The number of halogens is 2. The number of carbonyl (C=O) groups is 3. The van der Waals surface area contributed by atoms with Gasteiger partial charge in [-0.2, -0.15) is 11.8 Å². The predicted molar refractivity (Wildman–Crippen MR) is 119 cm³/mol. The summed E-state index contributed by atoms with van der Waals surface area (Å²) in [5, 5.41) is 3.21. The Morgan fingerprint density at radius 1 is 1.03 bits per heavy atom. The minimum Gasteiger partial charge on any atom is -0.454 e. The Hall–Kier alpha value is -2.62. The van der Waals surface area contributed by atoms with Gasteiger partial charge in [-0.1, -0.05) is 23.2 Å². The van der Waals surface area contributed by atoms with Crippen LogP contribution in [-0.4, -0.2) is 42.6 Å². The summed E-state index contributed by atoms with van der Waals surface area (Å²) >= 11 is 13.5. The number of fused-ring (bicyclic) bond motifs is 1. The van der Waals surface area contributed by atoms with Crippen molar-refractivity contribution in [2.45, 2.75) is 12.5 Å². The Labute approximate surface area is 192 Å². The number of rotatable bonds is 7. The average Bonchev–Trinajstić information content (AvgIpc) is 3.22. The van der Waals surface area contributed by atoms with E-state index in [1.54, 1.807) is 12.1 Å². The van der Waals surface area contributed by atoms with Crippen molar-refractivity contribution in [2.24, 2.45) is 0 Å². The van der Waals surface area contributed by atoms with Crippen molar-refractivity contribution in [2.75, 3.05) is 18.8 Å². The Morgan fingerprint density at radius 3 is 2.55 bits per heavy atom. The molecule has 0 aromatic heterocycles. The quantitative estimate of drug-likeness (QED) is 0.522. The average molecular weight is 484 g/mol. The number of ether oxygens (including phenoxy) is 2. The number of carbonyl (C=O) groups excluding carboxylic acids is 3. The molecular weight excluding hydrogens is 465 g/mol. The van der Waals surface area contributed by atoms with Crippen LogP contribution in [0.3, 0.4) is 0 Å². The lowest BCUT2D eigenvalue weighted by Gasteiger charge is -2.19. The van der Waals surface area contributed by atoms with Gasteiger partial charge in [0.25, 0.3) is 17.7 Å². The molecule has 1 unspecified atom stereocenters. The second-order valence-corrected chi connectivity index (χ2v) is 8.27. The van der Waals surface area contributed by atoms with Crippen LogP contribution in [-0.2, 0) is 4.79 Å². The van der Waals surface area contributed by atoms with Crippen molar-refractivity contribution in [3.05, 3.63) is 57.6 Å². The van der Waals surface area contributed by atoms with Crippen LogP contribution in [0.25, 0.3) is 0 Å². The highest BCUT2D eigenvalue weighted by Gasteiger charge is 2.23. The molecule has 0 bridgehead atoms. The molecule has 0 spiro atoms. The molecule has 1 atom stereocenters. The van der Waals surface area contributed by atoms with Crippen LogP contribution >= 0.6 is 35.0 Å². The highest BCUT2D eigenvalue weighted by Crippen LogP contribution is 2.32. The first-order valence-electron chi connectivity index (χ1n) is 9.13. The minimum atomic E-state index is -0.885. The SMILES string of the molecule is CSCCC(NC(=O)c1ccc(Cl)cc1Cl)C(=O)NNC(=O)c1ccc2c(c1)OCO2. The number of hydrogen-bond donors (Lipinski definition) is 3. The molecule has 3 amide bonds. The van der Waals surface area contributed by atoms with Gasteiger partial charge < -0.3 is 14.8 Å². The van der Waals surface area contributed by atoms with Gasteiger partial charge in [-0.15, -0.1) is 0 Å². The second-order valence-electron chi connectivity index (χ2n) is 6.44. The van der Waals surface area contributed by atoms with E-state index < -0.39 is 23.8 Å². The zero-order valence-corrected chi connectivity index (χ0v) is 18.7. The van der Waals surface area contributed by atoms with E-state index in [-0.39, 0.29) is 22.9 Å². The molecule has 1 aliphatic heterocycles. The molecule has 8 nitrogen and oxygen atoms in total. The molecule has 0 fully saturated rings. The van der Waals surface area contributed by atoms with E-state index >= 15 is 0 Å². The Balaban J connectivity index is 1.62. The normalized spacial score (nSPS) is 12.7. The third kappa shape index (κ3) is 5.96. The molecule has 0 saturated heterocycles. The molecule has 164 valence electrons. The summed E-state index contributed by atoms with van der Waals surface area (Å²) in [6, 6.07) is 8.24. The fourth-order valence-electron chi connectivity index (χ4n) is 2.73. The minimum absolute atomic E-state index is 0.0889. The molecule has 3 N–H and O–H groups in total. The Morgan fingerprint density at radius 2 is 1.81 bits per heavy atom. The van der Waals surface area contributed by atoms with Crippen molar-refractivity contribution >= 4 is 52.7 Å². The standard InChI is InChI=1S/C20H19Cl2N3O5S/c1-31-7-6-15(23-19(27)13-4-3-12(21)9-14(13)22)20(28)25-24-18(26)11-2-5-16-17(8-11)30-10-29-16/h2-5,8-9,15H,6-7,10H2,1H3,(H,23,27)(H,24,26)(H,25,28). The van der Waals surface area contributed by atoms with Crippen molar-refractivity contribution < 1.29 is 23.9 Å². The van der Waals surface area contributed by atoms with E-state index in [2.05, 4.69) is 16.2 Å². The largest absolute Gasteiger partial charge is 0.454 e. The number of amides is 3. The smallest absolute Gasteiger partial charge is 0.269 e. The monoisotopic (exact) mass is 483 g/mol. The second kappa shape index (κ2) is 10.6. The number of nitrogens with one attached hydrogen (secondary N) is 3. The van der Waals surface area contributed by atoms with Crippen LogP contribution in [0.15, 0.2) is 36.4 Å². The van der Waals surface area contributed by atoms with E-state index in [4.69, 9.17) is 32.7 Å². The van der Waals surface area contributed by atoms with Crippen molar-refractivity contribution in [1.82, 2.24) is 16.2 Å². The van der Waals surface area contributed by atoms with Gasteiger partial charge in [-0.05, 0) is 54.8 Å². The molecule has 2 aromatic carbocycles. The first-order valence-corrected chi connectivity index (χ1v) is 11.3. The maximum atomic E-state index is 12.6. The molecule has 2 aromatic rings. The molecule has 0 saturated carbocycles. The van der Waals surface area contributed by atoms with Crippen LogP contribution in [0, 0.1) is 0 Å². The summed E-state index contributed by atoms with van der Waals surface area (Å²) < 4.78 is 10.4. The maximum Gasteiger partial charge on any atom is 0.269 e. The van der Waals surface area contributed by atoms with Gasteiger partial charge in [0.1, 0.15) is 6.04 Å². The molecule has 0 radical (unpaired) electrons. The van der Waals surface area contributed by atoms with E-state index in [1.165, 1.54) is 36.0 Å². The van der Waals surface area contributed by atoms with E-state index in [1.807, 2.05) is 6.26 Å². The zero-order valence-electron chi connectivity index (χ0n) is 16.4. The lowest BCUT2D eigenvalue weighted by atomic mass is 10.1. The van der Waals surface area contributed by atoms with Crippen LogP contribution in [0.2, 0.25) is 10.0 Å². The molecular formula is C20H19Cl2N3O5S. The molecule has 31 heavy (non-hydrogen) atoms. The topological polar surface area (TPSA) is 106 Å². The molecule has 1 heterocycles. The third-order valence-electron chi connectivity index (χ3n) is 4.34. The summed E-state index contributed by atoms with van der Waals surface area (Å²) in [7, 11) is 0. The van der Waals surface area contributed by atoms with E-state index in [9.17, 15) is 14.4 Å². The van der Waals surface area contributed by atoms with E-state index in [0.29, 0.717) is 28.7 Å². The zero-order chi connectivity index (χ0) is 22.4. The lowest BCUT2D eigenvalue weighted by molar-refractivity contribution is -0.123. The number of hydrazine groups is 1. The summed E-state index contributed by atoms with van der Waals surface area (Å²) in [6.45, 7) is 0.0889. The molecule has 0 aliphatic carbocycles. The first-order chi connectivity index (χ1) is 14.9. The lowest BCUT2D eigenvalue weighted by Crippen LogP contribution is -2.52. The van der Waals surface area contributed by atoms with Crippen LogP contribution < -0.4 is 25.6 Å². The van der Waals surface area contributed by atoms with Crippen LogP contribution in [0.5, 0.6) is 11.5 Å². The van der Waals surface area contributed by atoms with Gasteiger partial charge >= 0.3 is 0 Å². The maximum absolute atomic E-state index is 12.6. The van der Waals surface area contributed by atoms with Gasteiger partial charge in [0.05, 0.1) is 10.6 Å². The number of benzene rings is 2. The Bertz CT molecular complexity index is 1000. The third-order valence-corrected chi connectivity index (χ3v) is 5.53. The summed E-state index contributed by atoms with van der Waals surface area (Å²) in [5.74, 6) is -0.0258. The van der Waals surface area contributed by atoms with Crippen molar-refractivity contribution in [1.29, 1.82) is 0 Å². The first kappa shape index (κ1) is 23.1.